The average Bonchev–Trinajstić information content (AvgIpc) is 2.85. The second-order valence-corrected chi connectivity index (χ2v) is 6.25. The maximum absolute atomic E-state index is 12.8. The van der Waals surface area contributed by atoms with Gasteiger partial charge in [-0.3, -0.25) is 14.9 Å². The molecule has 1 aromatic rings. The van der Waals surface area contributed by atoms with Gasteiger partial charge in [-0.25, -0.2) is 0 Å². The van der Waals surface area contributed by atoms with Crippen molar-refractivity contribution >= 4 is 24.0 Å². The van der Waals surface area contributed by atoms with Crippen molar-refractivity contribution < 1.29 is 9.72 Å². The highest BCUT2D eigenvalue weighted by Gasteiger charge is 2.32. The second-order valence-electron chi connectivity index (χ2n) is 6.25. The van der Waals surface area contributed by atoms with Crippen LogP contribution in [0.3, 0.4) is 0 Å². The zero-order valence-corrected chi connectivity index (χ0v) is 14.0. The minimum atomic E-state index is -0.426. The number of benzene rings is 1. The second kappa shape index (κ2) is 7.27. The van der Waals surface area contributed by atoms with Gasteiger partial charge in [-0.15, -0.1) is 12.4 Å². The minimum absolute atomic E-state index is 0. The molecule has 3 rings (SSSR count). The number of carbonyl (C=O) groups is 1. The maximum atomic E-state index is 12.8. The molecule has 1 aromatic carbocycles. The molecule has 2 aliphatic rings. The van der Waals surface area contributed by atoms with Crippen LogP contribution in [-0.2, 0) is 0 Å². The molecule has 23 heavy (non-hydrogen) atoms. The van der Waals surface area contributed by atoms with Gasteiger partial charge in [0.1, 0.15) is 0 Å². The topological polar surface area (TPSA) is 75.5 Å². The van der Waals surface area contributed by atoms with Crippen molar-refractivity contribution in [3.8, 4) is 0 Å². The average molecular weight is 340 g/mol. The van der Waals surface area contributed by atoms with Crippen LogP contribution in [0, 0.1) is 28.9 Å². The number of nitro benzene ring substituents is 1. The number of fused-ring (bicyclic) bond motifs is 1. The standard InChI is InChI=1S/C16H21N3O3.ClH/c1-11-14(3-2-4-15(11)19(21)22)16(20)18-7-5-12-9-17-10-13(12)6-8-18;/h2-4,12-13,17H,5-10H2,1H3;1H/t12-,13+;. The first kappa shape index (κ1) is 17.7. The van der Waals surface area contributed by atoms with Crippen molar-refractivity contribution in [2.24, 2.45) is 11.8 Å². The summed E-state index contributed by atoms with van der Waals surface area (Å²) in [7, 11) is 0. The van der Waals surface area contributed by atoms with Gasteiger partial charge in [0.2, 0.25) is 0 Å². The lowest BCUT2D eigenvalue weighted by Crippen LogP contribution is -2.33. The predicted molar refractivity (Wildman–Crippen MR) is 90.1 cm³/mol. The van der Waals surface area contributed by atoms with Crippen LogP contribution in [0.2, 0.25) is 0 Å². The number of nitrogens with one attached hydrogen (secondary N) is 1. The summed E-state index contributed by atoms with van der Waals surface area (Å²) >= 11 is 0. The molecule has 0 saturated carbocycles. The Kier molecular flexibility index (Phi) is 5.59. The Morgan fingerprint density at radius 2 is 1.87 bits per heavy atom. The number of hydrogen-bond donors (Lipinski definition) is 1. The van der Waals surface area contributed by atoms with E-state index in [9.17, 15) is 14.9 Å². The van der Waals surface area contributed by atoms with Gasteiger partial charge >= 0.3 is 0 Å². The maximum Gasteiger partial charge on any atom is 0.273 e. The number of amides is 1. The first-order valence-electron chi connectivity index (χ1n) is 7.82. The molecule has 1 amide bonds. The predicted octanol–water partition coefficient (Wildman–Crippen LogP) is 2.40. The summed E-state index contributed by atoms with van der Waals surface area (Å²) in [5, 5.41) is 14.5. The van der Waals surface area contributed by atoms with Gasteiger partial charge < -0.3 is 10.2 Å². The van der Waals surface area contributed by atoms with Gasteiger partial charge in [0.15, 0.2) is 0 Å². The van der Waals surface area contributed by atoms with Gasteiger partial charge in [0, 0.05) is 30.3 Å². The number of halogens is 1. The van der Waals surface area contributed by atoms with Crippen LogP contribution in [0.25, 0.3) is 0 Å². The molecule has 2 fully saturated rings. The summed E-state index contributed by atoms with van der Waals surface area (Å²) in [5.41, 5.74) is 0.935. The van der Waals surface area contributed by atoms with Gasteiger partial charge in [0.05, 0.1) is 4.92 Å². The summed E-state index contributed by atoms with van der Waals surface area (Å²) in [5.74, 6) is 1.24. The highest BCUT2D eigenvalue weighted by molar-refractivity contribution is 5.96. The van der Waals surface area contributed by atoms with E-state index < -0.39 is 4.92 Å². The zero-order valence-electron chi connectivity index (χ0n) is 13.2. The lowest BCUT2D eigenvalue weighted by atomic mass is 9.92. The molecule has 0 aliphatic carbocycles. The molecule has 2 atom stereocenters. The van der Waals surface area contributed by atoms with Crippen LogP contribution >= 0.6 is 12.4 Å². The number of nitrogens with zero attached hydrogens (tertiary/aromatic N) is 2. The van der Waals surface area contributed by atoms with E-state index in [1.165, 1.54) is 6.07 Å². The third kappa shape index (κ3) is 3.48. The van der Waals surface area contributed by atoms with Crippen LogP contribution < -0.4 is 5.32 Å². The molecule has 6 nitrogen and oxygen atoms in total. The van der Waals surface area contributed by atoms with E-state index in [-0.39, 0.29) is 24.0 Å². The fourth-order valence-corrected chi connectivity index (χ4v) is 3.64. The largest absolute Gasteiger partial charge is 0.339 e. The number of hydrogen-bond acceptors (Lipinski definition) is 4. The molecule has 2 aliphatic heterocycles. The van der Waals surface area contributed by atoms with E-state index in [4.69, 9.17) is 0 Å². The first-order valence-corrected chi connectivity index (χ1v) is 7.82. The molecular weight excluding hydrogens is 318 g/mol. The Hall–Kier alpha value is -1.66. The minimum Gasteiger partial charge on any atom is -0.339 e. The SMILES string of the molecule is Cc1c(C(=O)N2CC[C@@H]3CNC[C@@H]3CC2)cccc1[N+](=O)[O-].Cl. The van der Waals surface area contributed by atoms with Crippen LogP contribution in [-0.4, -0.2) is 41.9 Å². The van der Waals surface area contributed by atoms with Gasteiger partial charge in [0.25, 0.3) is 11.6 Å². The molecule has 7 heteroatoms. The molecule has 0 aromatic heterocycles. The monoisotopic (exact) mass is 339 g/mol. The summed E-state index contributed by atoms with van der Waals surface area (Å²) in [6.45, 7) is 5.22. The highest BCUT2D eigenvalue weighted by atomic mass is 35.5. The smallest absolute Gasteiger partial charge is 0.273 e. The summed E-state index contributed by atoms with van der Waals surface area (Å²) in [6, 6.07) is 4.73. The molecule has 0 radical (unpaired) electrons. The molecule has 0 spiro atoms. The van der Waals surface area contributed by atoms with E-state index in [1.54, 1.807) is 19.1 Å². The van der Waals surface area contributed by atoms with E-state index >= 15 is 0 Å². The third-order valence-electron chi connectivity index (χ3n) is 5.04. The Morgan fingerprint density at radius 3 is 2.43 bits per heavy atom. The van der Waals surface area contributed by atoms with E-state index in [2.05, 4.69) is 5.32 Å². The number of likely N-dealkylation sites (tertiary alicyclic amines) is 1. The van der Waals surface area contributed by atoms with E-state index in [0.29, 0.717) is 23.0 Å². The van der Waals surface area contributed by atoms with Gasteiger partial charge in [-0.2, -0.15) is 0 Å². The van der Waals surface area contributed by atoms with Crippen LogP contribution in [0.5, 0.6) is 0 Å². The fourth-order valence-electron chi connectivity index (χ4n) is 3.64. The van der Waals surface area contributed by atoms with Crippen molar-refractivity contribution in [3.05, 3.63) is 39.4 Å². The summed E-state index contributed by atoms with van der Waals surface area (Å²) in [6.07, 6.45) is 2.02. The molecule has 2 heterocycles. The van der Waals surface area contributed by atoms with Crippen molar-refractivity contribution in [1.82, 2.24) is 10.2 Å². The van der Waals surface area contributed by atoms with E-state index in [0.717, 1.165) is 39.0 Å². The van der Waals surface area contributed by atoms with Crippen molar-refractivity contribution in [3.63, 3.8) is 0 Å². The zero-order chi connectivity index (χ0) is 15.7. The number of rotatable bonds is 2. The van der Waals surface area contributed by atoms with E-state index in [1.807, 2.05) is 4.90 Å². The third-order valence-corrected chi connectivity index (χ3v) is 5.04. The van der Waals surface area contributed by atoms with Crippen molar-refractivity contribution in [2.75, 3.05) is 26.2 Å². The molecule has 1 N–H and O–H groups in total. The first-order chi connectivity index (χ1) is 10.6. The lowest BCUT2D eigenvalue weighted by Gasteiger charge is -2.21. The van der Waals surface area contributed by atoms with Gasteiger partial charge in [-0.05, 0) is 50.8 Å². The molecule has 126 valence electrons. The normalized spacial score (nSPS) is 23.6. The molecule has 0 bridgehead atoms. The highest BCUT2D eigenvalue weighted by Crippen LogP contribution is 2.29. The number of nitro groups is 1. The Morgan fingerprint density at radius 1 is 1.26 bits per heavy atom. The number of carbonyl (C=O) groups excluding carboxylic acids is 1. The van der Waals surface area contributed by atoms with Crippen molar-refractivity contribution in [1.29, 1.82) is 0 Å². The van der Waals surface area contributed by atoms with Crippen LogP contribution in [0.1, 0.15) is 28.8 Å². The summed E-state index contributed by atoms with van der Waals surface area (Å²) < 4.78 is 0. The van der Waals surface area contributed by atoms with Gasteiger partial charge in [-0.1, -0.05) is 6.07 Å². The Labute approximate surface area is 141 Å². The van der Waals surface area contributed by atoms with Crippen LogP contribution in [0.15, 0.2) is 18.2 Å². The fraction of sp³-hybridized carbons (Fsp3) is 0.562. The van der Waals surface area contributed by atoms with Crippen molar-refractivity contribution in [2.45, 2.75) is 19.8 Å². The Bertz CT molecular complexity index is 594. The molecule has 0 unspecified atom stereocenters. The quantitative estimate of drug-likeness (QED) is 0.663. The lowest BCUT2D eigenvalue weighted by molar-refractivity contribution is -0.385. The Balaban J connectivity index is 0.00000192. The van der Waals surface area contributed by atoms with Crippen LogP contribution in [0.4, 0.5) is 5.69 Å². The molecular formula is C16H22ClN3O3. The molecule has 2 saturated heterocycles. The summed E-state index contributed by atoms with van der Waals surface area (Å²) in [4.78, 5) is 25.2.